The van der Waals surface area contributed by atoms with Crippen molar-refractivity contribution in [3.05, 3.63) is 55.6 Å². The Morgan fingerprint density at radius 1 is 1.39 bits per heavy atom. The highest BCUT2D eigenvalue weighted by Gasteiger charge is 2.11. The molecule has 0 bridgehead atoms. The molecule has 96 valence electrons. The van der Waals surface area contributed by atoms with Gasteiger partial charge in [0, 0.05) is 15.4 Å². The Morgan fingerprint density at radius 2 is 2.22 bits per heavy atom. The number of benzene rings is 1. The number of hydrogen-bond donors (Lipinski definition) is 2. The van der Waals surface area contributed by atoms with Gasteiger partial charge in [0.2, 0.25) is 0 Å². The molecule has 18 heavy (non-hydrogen) atoms. The van der Waals surface area contributed by atoms with Crippen LogP contribution >= 0.6 is 38.9 Å². The Morgan fingerprint density at radius 3 is 2.83 bits per heavy atom. The van der Waals surface area contributed by atoms with Crippen molar-refractivity contribution in [2.75, 3.05) is 0 Å². The number of hydrazine groups is 1. The molecule has 0 aliphatic rings. The standard InChI is InChI=1S/C13H14BrClN2S/c14-11-5-3-9(8-12(11)15)13(17-16)6-4-10-2-1-7-18-10/h1-3,5,7-8,13,17H,4,6,16H2. The van der Waals surface area contributed by atoms with Crippen LogP contribution in [0.5, 0.6) is 0 Å². The molecule has 2 nitrogen and oxygen atoms in total. The van der Waals surface area contributed by atoms with Crippen molar-refractivity contribution in [1.82, 2.24) is 5.43 Å². The number of aryl methyl sites for hydroxylation is 1. The lowest BCUT2D eigenvalue weighted by molar-refractivity contribution is 0.518. The fourth-order valence-corrected chi connectivity index (χ4v) is 2.98. The summed E-state index contributed by atoms with van der Waals surface area (Å²) in [5.41, 5.74) is 3.97. The fourth-order valence-electron chi connectivity index (χ4n) is 1.82. The SMILES string of the molecule is NNC(CCc1cccs1)c1ccc(Br)c(Cl)c1. The molecule has 5 heteroatoms. The van der Waals surface area contributed by atoms with Crippen molar-refractivity contribution in [3.8, 4) is 0 Å². The molecule has 0 saturated heterocycles. The Kier molecular flexibility index (Phi) is 5.21. The molecule has 0 fully saturated rings. The second-order valence-electron chi connectivity index (χ2n) is 4.01. The van der Waals surface area contributed by atoms with Gasteiger partial charge in [-0.25, -0.2) is 0 Å². The van der Waals surface area contributed by atoms with Crippen LogP contribution in [0.2, 0.25) is 5.02 Å². The van der Waals surface area contributed by atoms with Crippen LogP contribution < -0.4 is 11.3 Å². The van der Waals surface area contributed by atoms with E-state index < -0.39 is 0 Å². The smallest absolute Gasteiger partial charge is 0.0551 e. The number of rotatable bonds is 5. The summed E-state index contributed by atoms with van der Waals surface area (Å²) in [7, 11) is 0. The molecular weight excluding hydrogens is 332 g/mol. The number of halogens is 2. The van der Waals surface area contributed by atoms with Crippen LogP contribution in [0, 0.1) is 0 Å². The molecule has 2 aromatic rings. The summed E-state index contributed by atoms with van der Waals surface area (Å²) in [5, 5.41) is 2.81. The highest BCUT2D eigenvalue weighted by atomic mass is 79.9. The van der Waals surface area contributed by atoms with Gasteiger partial charge in [-0.05, 0) is 57.9 Å². The number of thiophene rings is 1. The van der Waals surface area contributed by atoms with Gasteiger partial charge in [0.05, 0.1) is 5.02 Å². The average Bonchev–Trinajstić information content (AvgIpc) is 2.87. The van der Waals surface area contributed by atoms with Crippen LogP contribution in [0.25, 0.3) is 0 Å². The maximum Gasteiger partial charge on any atom is 0.0551 e. The first kappa shape index (κ1) is 14.0. The van der Waals surface area contributed by atoms with Crippen LogP contribution in [0.4, 0.5) is 0 Å². The molecule has 0 spiro atoms. The third kappa shape index (κ3) is 3.56. The number of nitrogens with one attached hydrogen (secondary N) is 1. The minimum absolute atomic E-state index is 0.123. The van der Waals surface area contributed by atoms with Crippen LogP contribution in [0.15, 0.2) is 40.2 Å². The molecule has 0 aliphatic heterocycles. The van der Waals surface area contributed by atoms with Crippen molar-refractivity contribution in [3.63, 3.8) is 0 Å². The second-order valence-corrected chi connectivity index (χ2v) is 6.30. The third-order valence-electron chi connectivity index (χ3n) is 2.81. The molecule has 1 unspecified atom stereocenters. The van der Waals surface area contributed by atoms with E-state index in [2.05, 4.69) is 38.9 Å². The third-order valence-corrected chi connectivity index (χ3v) is 4.98. The van der Waals surface area contributed by atoms with Crippen molar-refractivity contribution in [2.45, 2.75) is 18.9 Å². The van der Waals surface area contributed by atoms with E-state index >= 15 is 0 Å². The minimum atomic E-state index is 0.123. The number of hydrogen-bond acceptors (Lipinski definition) is 3. The Bertz CT molecular complexity index is 502. The summed E-state index contributed by atoms with van der Waals surface area (Å²) in [6, 6.07) is 10.3. The molecule has 1 heterocycles. The van der Waals surface area contributed by atoms with E-state index in [1.807, 2.05) is 18.2 Å². The Labute approximate surface area is 124 Å². The summed E-state index contributed by atoms with van der Waals surface area (Å²) < 4.78 is 0.905. The van der Waals surface area contributed by atoms with Crippen molar-refractivity contribution in [2.24, 2.45) is 5.84 Å². The average molecular weight is 346 g/mol. The fraction of sp³-hybridized carbons (Fsp3) is 0.231. The molecule has 0 amide bonds. The van der Waals surface area contributed by atoms with Crippen LogP contribution in [-0.4, -0.2) is 0 Å². The van der Waals surface area contributed by atoms with Crippen LogP contribution in [0.1, 0.15) is 22.9 Å². The second kappa shape index (κ2) is 6.68. The summed E-state index contributed by atoms with van der Waals surface area (Å²) in [6.07, 6.45) is 1.97. The van der Waals surface area contributed by atoms with Gasteiger partial charge >= 0.3 is 0 Å². The molecule has 1 aromatic heterocycles. The quantitative estimate of drug-likeness (QED) is 0.626. The van der Waals surface area contributed by atoms with E-state index in [0.29, 0.717) is 5.02 Å². The van der Waals surface area contributed by atoms with Gasteiger partial charge < -0.3 is 0 Å². The minimum Gasteiger partial charge on any atom is -0.271 e. The van der Waals surface area contributed by atoms with E-state index in [0.717, 1.165) is 22.9 Å². The molecular formula is C13H14BrClN2S. The maximum atomic E-state index is 6.10. The summed E-state index contributed by atoms with van der Waals surface area (Å²) in [4.78, 5) is 1.37. The van der Waals surface area contributed by atoms with E-state index in [1.54, 1.807) is 11.3 Å². The topological polar surface area (TPSA) is 38.0 Å². The predicted molar refractivity (Wildman–Crippen MR) is 81.9 cm³/mol. The summed E-state index contributed by atoms with van der Waals surface area (Å²) in [6.45, 7) is 0. The lowest BCUT2D eigenvalue weighted by Gasteiger charge is -2.16. The Hall–Kier alpha value is -0.390. The van der Waals surface area contributed by atoms with Crippen LogP contribution in [0.3, 0.4) is 0 Å². The van der Waals surface area contributed by atoms with Crippen LogP contribution in [-0.2, 0) is 6.42 Å². The van der Waals surface area contributed by atoms with Gasteiger partial charge in [0.25, 0.3) is 0 Å². The van der Waals surface area contributed by atoms with E-state index in [9.17, 15) is 0 Å². The van der Waals surface area contributed by atoms with Gasteiger partial charge in [0.1, 0.15) is 0 Å². The first-order chi connectivity index (χ1) is 8.70. The zero-order chi connectivity index (χ0) is 13.0. The number of nitrogens with two attached hydrogens (primary N) is 1. The molecule has 3 N–H and O–H groups in total. The largest absolute Gasteiger partial charge is 0.271 e. The summed E-state index contributed by atoms with van der Waals surface area (Å²) in [5.74, 6) is 5.63. The van der Waals surface area contributed by atoms with Crippen molar-refractivity contribution < 1.29 is 0 Å². The highest BCUT2D eigenvalue weighted by Crippen LogP contribution is 2.28. The first-order valence-electron chi connectivity index (χ1n) is 5.64. The molecule has 0 saturated carbocycles. The molecule has 0 aliphatic carbocycles. The molecule has 2 rings (SSSR count). The first-order valence-corrected chi connectivity index (χ1v) is 7.69. The zero-order valence-electron chi connectivity index (χ0n) is 9.70. The lowest BCUT2D eigenvalue weighted by Crippen LogP contribution is -2.28. The van der Waals surface area contributed by atoms with Gasteiger partial charge in [-0.2, -0.15) is 0 Å². The zero-order valence-corrected chi connectivity index (χ0v) is 12.9. The maximum absolute atomic E-state index is 6.10. The highest BCUT2D eigenvalue weighted by molar-refractivity contribution is 9.10. The van der Waals surface area contributed by atoms with Crippen molar-refractivity contribution in [1.29, 1.82) is 0 Å². The van der Waals surface area contributed by atoms with Gasteiger partial charge in [-0.15, -0.1) is 11.3 Å². The van der Waals surface area contributed by atoms with Gasteiger partial charge in [-0.3, -0.25) is 11.3 Å². The van der Waals surface area contributed by atoms with Gasteiger partial charge in [-0.1, -0.05) is 23.7 Å². The monoisotopic (exact) mass is 344 g/mol. The normalized spacial score (nSPS) is 12.6. The van der Waals surface area contributed by atoms with Crippen molar-refractivity contribution >= 4 is 38.9 Å². The molecule has 0 radical (unpaired) electrons. The predicted octanol–water partition coefficient (Wildman–Crippen LogP) is 4.30. The molecule has 1 atom stereocenters. The van der Waals surface area contributed by atoms with E-state index in [1.165, 1.54) is 4.88 Å². The Balaban J connectivity index is 2.05. The summed E-state index contributed by atoms with van der Waals surface area (Å²) >= 11 is 11.3. The lowest BCUT2D eigenvalue weighted by atomic mass is 10.0. The molecule has 1 aromatic carbocycles. The van der Waals surface area contributed by atoms with E-state index in [4.69, 9.17) is 17.4 Å². The van der Waals surface area contributed by atoms with E-state index in [-0.39, 0.29) is 6.04 Å². The van der Waals surface area contributed by atoms with Gasteiger partial charge in [0.15, 0.2) is 0 Å².